The van der Waals surface area contributed by atoms with E-state index in [0.717, 1.165) is 12.8 Å². The van der Waals surface area contributed by atoms with E-state index in [1.807, 2.05) is 20.8 Å². The Morgan fingerprint density at radius 3 is 2.59 bits per heavy atom. The molecule has 1 heterocycles. The lowest BCUT2D eigenvalue weighted by Gasteiger charge is -2.21. The Morgan fingerprint density at radius 1 is 1.47 bits per heavy atom. The van der Waals surface area contributed by atoms with Crippen molar-refractivity contribution >= 4 is 5.91 Å². The first-order chi connectivity index (χ1) is 7.82. The predicted octanol–water partition coefficient (Wildman–Crippen LogP) is 0.415. The van der Waals surface area contributed by atoms with Crippen LogP contribution in [0.15, 0.2) is 0 Å². The monoisotopic (exact) mass is 243 g/mol. The molecule has 0 aromatic rings. The van der Waals surface area contributed by atoms with E-state index in [4.69, 9.17) is 9.47 Å². The van der Waals surface area contributed by atoms with E-state index in [0.29, 0.717) is 6.61 Å². The maximum Gasteiger partial charge on any atom is 0.226 e. The average molecular weight is 243 g/mol. The van der Waals surface area contributed by atoms with Gasteiger partial charge in [0, 0.05) is 12.0 Å². The summed E-state index contributed by atoms with van der Waals surface area (Å²) in [5.41, 5.74) is -0.202. The van der Waals surface area contributed by atoms with Crippen molar-refractivity contribution in [3.8, 4) is 0 Å². The lowest BCUT2D eigenvalue weighted by atomic mass is 10.1. The maximum absolute atomic E-state index is 11.7. The van der Waals surface area contributed by atoms with Gasteiger partial charge in [-0.25, -0.2) is 0 Å². The highest BCUT2D eigenvalue weighted by molar-refractivity contribution is 5.84. The van der Waals surface area contributed by atoms with Gasteiger partial charge in [0.15, 0.2) is 5.79 Å². The number of ether oxygens (including phenoxy) is 2. The number of amides is 1. The molecular weight excluding hydrogens is 222 g/mol. The van der Waals surface area contributed by atoms with Gasteiger partial charge in [-0.05, 0) is 26.7 Å². The lowest BCUT2D eigenvalue weighted by molar-refractivity contribution is -0.151. The van der Waals surface area contributed by atoms with Crippen LogP contribution >= 0.6 is 0 Å². The summed E-state index contributed by atoms with van der Waals surface area (Å²) in [6.45, 7) is 6.14. The fourth-order valence-corrected chi connectivity index (χ4v) is 1.86. The van der Waals surface area contributed by atoms with Gasteiger partial charge in [-0.2, -0.15) is 0 Å². The number of rotatable bonds is 4. The van der Waals surface area contributed by atoms with Crippen molar-refractivity contribution in [1.29, 1.82) is 0 Å². The molecule has 1 aliphatic heterocycles. The Kier molecular flexibility index (Phi) is 3.18. The van der Waals surface area contributed by atoms with Crippen LogP contribution in [0.1, 0.15) is 33.6 Å². The molecule has 17 heavy (non-hydrogen) atoms. The maximum atomic E-state index is 11.7. The van der Waals surface area contributed by atoms with Crippen molar-refractivity contribution in [2.45, 2.75) is 51.6 Å². The summed E-state index contributed by atoms with van der Waals surface area (Å²) in [5, 5.41) is 12.7. The van der Waals surface area contributed by atoms with Gasteiger partial charge < -0.3 is 19.9 Å². The van der Waals surface area contributed by atoms with Crippen molar-refractivity contribution < 1.29 is 19.4 Å². The fourth-order valence-electron chi connectivity index (χ4n) is 1.86. The highest BCUT2D eigenvalue weighted by Gasteiger charge is 2.45. The molecule has 2 N–H and O–H groups in total. The smallest absolute Gasteiger partial charge is 0.226 e. The van der Waals surface area contributed by atoms with Crippen molar-refractivity contribution in [2.75, 3.05) is 13.2 Å². The van der Waals surface area contributed by atoms with E-state index in [2.05, 4.69) is 5.32 Å². The molecule has 0 bridgehead atoms. The molecule has 0 aromatic carbocycles. The molecule has 2 fully saturated rings. The van der Waals surface area contributed by atoms with Crippen molar-refractivity contribution in [3.63, 3.8) is 0 Å². The minimum atomic E-state index is -0.719. The summed E-state index contributed by atoms with van der Waals surface area (Å²) in [6.07, 6.45) is 0.788. The fraction of sp³-hybridized carbons (Fsp3) is 0.917. The van der Waals surface area contributed by atoms with Crippen LogP contribution in [0.3, 0.4) is 0 Å². The van der Waals surface area contributed by atoms with Crippen LogP contribution in [-0.2, 0) is 14.3 Å². The number of hydrogen-bond donors (Lipinski definition) is 2. The predicted molar refractivity (Wildman–Crippen MR) is 61.3 cm³/mol. The van der Waals surface area contributed by atoms with Gasteiger partial charge in [0.2, 0.25) is 5.91 Å². The van der Waals surface area contributed by atoms with Crippen molar-refractivity contribution in [2.24, 2.45) is 5.41 Å². The second-order valence-corrected chi connectivity index (χ2v) is 5.71. The number of carbonyl (C=O) groups excluding carboxylic acids is 1. The van der Waals surface area contributed by atoms with Gasteiger partial charge >= 0.3 is 0 Å². The minimum Gasteiger partial charge on any atom is -0.388 e. The molecule has 5 nitrogen and oxygen atoms in total. The Balaban J connectivity index is 1.74. The van der Waals surface area contributed by atoms with E-state index in [1.54, 1.807) is 0 Å². The van der Waals surface area contributed by atoms with Crippen LogP contribution < -0.4 is 5.32 Å². The largest absolute Gasteiger partial charge is 0.388 e. The lowest BCUT2D eigenvalue weighted by Crippen LogP contribution is -2.42. The third kappa shape index (κ3) is 2.97. The number of hydrogen-bond acceptors (Lipinski definition) is 4. The standard InChI is InChI=1S/C12H21NO4/c1-11(2)16-7-9(17-11)8(14)6-13-10(15)12(3)4-5-12/h8-9,14H,4-7H2,1-3H3,(H,13,15). The molecule has 5 heteroatoms. The molecule has 2 aliphatic rings. The van der Waals surface area contributed by atoms with Crippen LogP contribution in [0.5, 0.6) is 0 Å². The summed E-state index contributed by atoms with van der Waals surface area (Å²) in [4.78, 5) is 11.7. The molecule has 1 aliphatic carbocycles. The summed E-state index contributed by atoms with van der Waals surface area (Å²) in [7, 11) is 0. The number of aliphatic hydroxyl groups excluding tert-OH is 1. The van der Waals surface area contributed by atoms with E-state index >= 15 is 0 Å². The molecule has 98 valence electrons. The molecule has 2 rings (SSSR count). The Labute approximate surface area is 101 Å². The first-order valence-corrected chi connectivity index (χ1v) is 6.11. The van der Waals surface area contributed by atoms with Gasteiger partial charge in [-0.15, -0.1) is 0 Å². The molecule has 2 unspecified atom stereocenters. The summed E-state index contributed by atoms with van der Waals surface area (Å²) < 4.78 is 10.9. The second kappa shape index (κ2) is 4.23. The normalized spacial score (nSPS) is 30.9. The van der Waals surface area contributed by atoms with E-state index in [1.165, 1.54) is 0 Å². The van der Waals surface area contributed by atoms with Crippen LogP contribution in [-0.4, -0.2) is 42.2 Å². The molecule has 2 atom stereocenters. The molecule has 1 saturated heterocycles. The zero-order chi connectivity index (χ0) is 12.7. The zero-order valence-corrected chi connectivity index (χ0v) is 10.7. The SMILES string of the molecule is CC1(C)OCC(C(O)CNC(=O)C2(C)CC2)O1. The zero-order valence-electron chi connectivity index (χ0n) is 10.7. The topological polar surface area (TPSA) is 67.8 Å². The Hall–Kier alpha value is -0.650. The second-order valence-electron chi connectivity index (χ2n) is 5.71. The number of carbonyl (C=O) groups is 1. The quantitative estimate of drug-likeness (QED) is 0.750. The molecule has 0 aromatic heterocycles. The first-order valence-electron chi connectivity index (χ1n) is 6.11. The summed E-state index contributed by atoms with van der Waals surface area (Å²) >= 11 is 0. The van der Waals surface area contributed by atoms with Crippen LogP contribution in [0.4, 0.5) is 0 Å². The molecular formula is C12H21NO4. The highest BCUT2D eigenvalue weighted by atomic mass is 16.7. The third-order valence-electron chi connectivity index (χ3n) is 3.48. The van der Waals surface area contributed by atoms with Gasteiger partial charge in [0.1, 0.15) is 6.10 Å². The van der Waals surface area contributed by atoms with E-state index < -0.39 is 11.9 Å². The van der Waals surface area contributed by atoms with Gasteiger partial charge in [0.25, 0.3) is 0 Å². The average Bonchev–Trinajstić information content (AvgIpc) is 2.89. The molecule has 0 radical (unpaired) electrons. The van der Waals surface area contributed by atoms with Crippen LogP contribution in [0.25, 0.3) is 0 Å². The van der Waals surface area contributed by atoms with Gasteiger partial charge in [-0.3, -0.25) is 4.79 Å². The van der Waals surface area contributed by atoms with Gasteiger partial charge in [-0.1, -0.05) is 6.92 Å². The number of aliphatic hydroxyl groups is 1. The van der Waals surface area contributed by atoms with E-state index in [-0.39, 0.29) is 24.0 Å². The summed E-state index contributed by atoms with van der Waals surface area (Å²) in [5.74, 6) is -0.618. The highest BCUT2D eigenvalue weighted by Crippen LogP contribution is 2.44. The van der Waals surface area contributed by atoms with Crippen LogP contribution in [0, 0.1) is 5.41 Å². The number of nitrogens with one attached hydrogen (secondary N) is 1. The van der Waals surface area contributed by atoms with Gasteiger partial charge in [0.05, 0.1) is 12.7 Å². The first kappa shape index (κ1) is 12.8. The minimum absolute atomic E-state index is 0.0229. The van der Waals surface area contributed by atoms with Crippen LogP contribution in [0.2, 0.25) is 0 Å². The van der Waals surface area contributed by atoms with Crippen molar-refractivity contribution in [3.05, 3.63) is 0 Å². The molecule has 1 saturated carbocycles. The Morgan fingerprint density at radius 2 is 2.12 bits per heavy atom. The van der Waals surface area contributed by atoms with E-state index in [9.17, 15) is 9.90 Å². The Bertz CT molecular complexity index is 312. The van der Waals surface area contributed by atoms with Crippen molar-refractivity contribution in [1.82, 2.24) is 5.32 Å². The summed E-state index contributed by atoms with van der Waals surface area (Å²) in [6, 6.07) is 0. The molecule has 0 spiro atoms. The molecule has 1 amide bonds. The third-order valence-corrected chi connectivity index (χ3v) is 3.48.